The summed E-state index contributed by atoms with van der Waals surface area (Å²) < 4.78 is 2.19. The van der Waals surface area contributed by atoms with E-state index in [4.69, 9.17) is 12.2 Å². The Labute approximate surface area is 201 Å². The van der Waals surface area contributed by atoms with Crippen LogP contribution < -0.4 is 10.6 Å². The monoisotopic (exact) mass is 461 g/mol. The second kappa shape index (κ2) is 9.75. The van der Waals surface area contributed by atoms with Gasteiger partial charge in [-0.1, -0.05) is 18.2 Å². The second-order valence-electron chi connectivity index (χ2n) is 8.92. The molecule has 1 aliphatic rings. The number of hydrogen-bond acceptors (Lipinski definition) is 3. The third-order valence-electron chi connectivity index (χ3n) is 6.12. The highest BCUT2D eigenvalue weighted by atomic mass is 32.1. The average Bonchev–Trinajstić information content (AvgIpc) is 3.40. The number of carbonyl (C=O) groups is 1. The maximum atomic E-state index is 12.8. The minimum Gasteiger partial charge on any atom is -0.352 e. The molecule has 0 aliphatic carbocycles. The normalized spacial score (nSPS) is 18.0. The number of aromatic nitrogens is 2. The zero-order valence-corrected chi connectivity index (χ0v) is 20.4. The lowest BCUT2D eigenvalue weighted by atomic mass is 9.99. The molecular weight excluding hydrogens is 430 g/mol. The number of rotatable bonds is 7. The van der Waals surface area contributed by atoms with Crippen molar-refractivity contribution in [1.29, 1.82) is 0 Å². The van der Waals surface area contributed by atoms with Crippen molar-refractivity contribution >= 4 is 28.9 Å². The second-order valence-corrected chi connectivity index (χ2v) is 9.31. The van der Waals surface area contributed by atoms with Crippen molar-refractivity contribution in [3.05, 3.63) is 83.4 Å². The molecule has 1 fully saturated rings. The Balaban J connectivity index is 1.55. The molecule has 0 spiro atoms. The number of amides is 1. The standard InChI is InChI=1S/C26H31N5OS/c1-17(2)30-13-10-20(16-30)25-24(21-7-5-6-12-27-21)29-26(33)31(25)14-11-23(32)28-22-15-18(3)8-9-19(22)4/h5-10,12-13,15-17,24-25H,11,14H2,1-4H3,(H,28,32)(H,29,33)/t24-,25-/m1/s1. The van der Waals surface area contributed by atoms with Gasteiger partial charge in [-0.05, 0) is 80.9 Å². The number of aryl methyl sites for hydroxylation is 2. The summed E-state index contributed by atoms with van der Waals surface area (Å²) >= 11 is 5.72. The molecule has 0 radical (unpaired) electrons. The maximum absolute atomic E-state index is 12.8. The number of hydrogen-bond donors (Lipinski definition) is 2. The van der Waals surface area contributed by atoms with Crippen LogP contribution in [-0.2, 0) is 4.79 Å². The topological polar surface area (TPSA) is 62.2 Å². The molecule has 7 heteroatoms. The van der Waals surface area contributed by atoms with Gasteiger partial charge < -0.3 is 20.1 Å². The zero-order chi connectivity index (χ0) is 23.5. The van der Waals surface area contributed by atoms with E-state index in [2.05, 4.69) is 57.4 Å². The van der Waals surface area contributed by atoms with Crippen molar-refractivity contribution < 1.29 is 4.79 Å². The van der Waals surface area contributed by atoms with Gasteiger partial charge in [0.15, 0.2) is 5.11 Å². The van der Waals surface area contributed by atoms with Gasteiger partial charge in [-0.25, -0.2) is 0 Å². The summed E-state index contributed by atoms with van der Waals surface area (Å²) in [5.41, 5.74) is 5.12. The third-order valence-corrected chi connectivity index (χ3v) is 6.47. The quantitative estimate of drug-likeness (QED) is 0.481. The lowest BCUT2D eigenvalue weighted by Gasteiger charge is -2.27. The average molecular weight is 462 g/mol. The van der Waals surface area contributed by atoms with Crippen LogP contribution >= 0.6 is 12.2 Å². The summed E-state index contributed by atoms with van der Waals surface area (Å²) in [6.45, 7) is 8.86. The van der Waals surface area contributed by atoms with Gasteiger partial charge in [0.05, 0.1) is 17.8 Å². The molecular formula is C26H31N5OS. The molecule has 172 valence electrons. The summed E-state index contributed by atoms with van der Waals surface area (Å²) in [5.74, 6) is -0.0220. The van der Waals surface area contributed by atoms with Crippen molar-refractivity contribution in [1.82, 2.24) is 19.8 Å². The molecule has 2 atom stereocenters. The number of benzene rings is 1. The summed E-state index contributed by atoms with van der Waals surface area (Å²) in [4.78, 5) is 19.5. The maximum Gasteiger partial charge on any atom is 0.226 e. The number of nitrogens with one attached hydrogen (secondary N) is 2. The molecule has 33 heavy (non-hydrogen) atoms. The molecule has 4 rings (SSSR count). The van der Waals surface area contributed by atoms with E-state index in [1.165, 1.54) is 0 Å². The Morgan fingerprint density at radius 2 is 2.03 bits per heavy atom. The number of nitrogens with zero attached hydrogens (tertiary/aromatic N) is 3. The van der Waals surface area contributed by atoms with Gasteiger partial charge in [-0.2, -0.15) is 0 Å². The Bertz CT molecular complexity index is 1140. The van der Waals surface area contributed by atoms with Crippen molar-refractivity contribution in [2.24, 2.45) is 0 Å². The first-order chi connectivity index (χ1) is 15.8. The molecule has 1 aromatic carbocycles. The van der Waals surface area contributed by atoms with E-state index in [1.54, 1.807) is 6.20 Å². The van der Waals surface area contributed by atoms with E-state index in [-0.39, 0.29) is 18.0 Å². The summed E-state index contributed by atoms with van der Waals surface area (Å²) in [6, 6.07) is 14.4. The van der Waals surface area contributed by atoms with Crippen LogP contribution in [0.2, 0.25) is 0 Å². The van der Waals surface area contributed by atoms with E-state index >= 15 is 0 Å². The molecule has 0 bridgehead atoms. The van der Waals surface area contributed by atoms with Gasteiger partial charge >= 0.3 is 0 Å². The molecule has 3 heterocycles. The van der Waals surface area contributed by atoms with Crippen LogP contribution in [-0.4, -0.2) is 32.0 Å². The van der Waals surface area contributed by atoms with Gasteiger partial charge in [0.2, 0.25) is 5.91 Å². The van der Waals surface area contributed by atoms with Gasteiger partial charge in [0.1, 0.15) is 0 Å². The van der Waals surface area contributed by atoms with Crippen LogP contribution in [0, 0.1) is 13.8 Å². The first-order valence-electron chi connectivity index (χ1n) is 11.4. The van der Waals surface area contributed by atoms with E-state index in [0.29, 0.717) is 24.1 Å². The number of carbonyl (C=O) groups excluding carboxylic acids is 1. The van der Waals surface area contributed by atoms with Crippen LogP contribution in [0.3, 0.4) is 0 Å². The van der Waals surface area contributed by atoms with Crippen LogP contribution in [0.1, 0.15) is 60.8 Å². The SMILES string of the molecule is Cc1ccc(C)c(NC(=O)CCN2C(=S)N[C@H](c3ccccn3)[C@H]2c2ccn(C(C)C)c2)c1. The third kappa shape index (κ3) is 5.09. The minimum atomic E-state index is -0.0798. The smallest absolute Gasteiger partial charge is 0.226 e. The van der Waals surface area contributed by atoms with Crippen molar-refractivity contribution in [2.75, 3.05) is 11.9 Å². The molecule has 3 aromatic rings. The number of pyridine rings is 1. The highest BCUT2D eigenvalue weighted by Gasteiger charge is 2.40. The minimum absolute atomic E-state index is 0.0220. The van der Waals surface area contributed by atoms with Crippen molar-refractivity contribution in [2.45, 2.75) is 52.2 Å². The van der Waals surface area contributed by atoms with Crippen molar-refractivity contribution in [3.8, 4) is 0 Å². The fourth-order valence-corrected chi connectivity index (χ4v) is 4.57. The van der Waals surface area contributed by atoms with Crippen LogP contribution in [0.25, 0.3) is 0 Å². The Hall–Kier alpha value is -3.19. The fraction of sp³-hybridized carbons (Fsp3) is 0.346. The number of anilines is 1. The predicted octanol–water partition coefficient (Wildman–Crippen LogP) is 5.08. The summed E-state index contributed by atoms with van der Waals surface area (Å²) in [5, 5.41) is 7.16. The van der Waals surface area contributed by atoms with Crippen LogP contribution in [0.4, 0.5) is 5.69 Å². The molecule has 1 saturated heterocycles. The highest BCUT2D eigenvalue weighted by Crippen LogP contribution is 2.39. The first kappa shape index (κ1) is 23.0. The van der Waals surface area contributed by atoms with E-state index in [9.17, 15) is 4.79 Å². The van der Waals surface area contributed by atoms with Gasteiger partial charge in [-0.3, -0.25) is 9.78 Å². The molecule has 6 nitrogen and oxygen atoms in total. The molecule has 0 saturated carbocycles. The molecule has 2 N–H and O–H groups in total. The Morgan fingerprint density at radius 3 is 2.73 bits per heavy atom. The molecule has 1 aliphatic heterocycles. The lowest BCUT2D eigenvalue weighted by Crippen LogP contribution is -2.32. The van der Waals surface area contributed by atoms with Crippen LogP contribution in [0.5, 0.6) is 0 Å². The molecule has 1 amide bonds. The Kier molecular flexibility index (Phi) is 6.79. The summed E-state index contributed by atoms with van der Waals surface area (Å²) in [6.07, 6.45) is 6.41. The largest absolute Gasteiger partial charge is 0.352 e. The molecule has 2 aromatic heterocycles. The van der Waals surface area contributed by atoms with Crippen LogP contribution in [0.15, 0.2) is 61.1 Å². The van der Waals surface area contributed by atoms with Gasteiger partial charge in [-0.15, -0.1) is 0 Å². The van der Waals surface area contributed by atoms with E-state index in [1.807, 2.05) is 50.2 Å². The number of thiocarbonyl (C=S) groups is 1. The predicted molar refractivity (Wildman–Crippen MR) is 136 cm³/mol. The van der Waals surface area contributed by atoms with E-state index < -0.39 is 0 Å². The fourth-order valence-electron chi connectivity index (χ4n) is 4.24. The molecule has 0 unspecified atom stereocenters. The lowest BCUT2D eigenvalue weighted by molar-refractivity contribution is -0.116. The van der Waals surface area contributed by atoms with Crippen molar-refractivity contribution in [3.63, 3.8) is 0 Å². The Morgan fingerprint density at radius 1 is 1.21 bits per heavy atom. The van der Waals surface area contributed by atoms with Gasteiger partial charge in [0, 0.05) is 43.3 Å². The van der Waals surface area contributed by atoms with E-state index in [0.717, 1.165) is 28.1 Å². The summed E-state index contributed by atoms with van der Waals surface area (Å²) in [7, 11) is 0. The highest BCUT2D eigenvalue weighted by molar-refractivity contribution is 7.80. The zero-order valence-electron chi connectivity index (χ0n) is 19.6. The van der Waals surface area contributed by atoms with Gasteiger partial charge in [0.25, 0.3) is 0 Å². The first-order valence-corrected chi connectivity index (χ1v) is 11.8.